The first-order chi connectivity index (χ1) is 11.8. The van der Waals surface area contributed by atoms with Crippen molar-refractivity contribution in [1.29, 1.82) is 0 Å². The fourth-order valence-corrected chi connectivity index (χ4v) is 3.21. The van der Waals surface area contributed by atoms with Crippen LogP contribution < -0.4 is 9.64 Å². The molecule has 0 unspecified atom stereocenters. The maximum absolute atomic E-state index is 13.8. The third kappa shape index (κ3) is 2.49. The monoisotopic (exact) mass is 327 g/mol. The van der Waals surface area contributed by atoms with E-state index in [0.29, 0.717) is 24.5 Å². The molecule has 1 aliphatic rings. The van der Waals surface area contributed by atoms with Crippen LogP contribution in [-0.2, 0) is 4.74 Å². The van der Waals surface area contributed by atoms with Gasteiger partial charge >= 0.3 is 0 Å². The molecule has 1 saturated heterocycles. The summed E-state index contributed by atoms with van der Waals surface area (Å²) in [5.41, 5.74) is 3.45. The Hall–Kier alpha value is -2.60. The fraction of sp³-hybridized carbons (Fsp3) is 0.278. The molecule has 0 atom stereocenters. The average molecular weight is 327 g/mol. The number of aromatic nitrogens is 2. The van der Waals surface area contributed by atoms with Crippen molar-refractivity contribution in [3.8, 4) is 16.9 Å². The number of H-pyrrole nitrogens is 1. The third-order valence-corrected chi connectivity index (χ3v) is 4.36. The van der Waals surface area contributed by atoms with Crippen LogP contribution in [-0.4, -0.2) is 43.4 Å². The van der Waals surface area contributed by atoms with Crippen LogP contribution >= 0.6 is 0 Å². The van der Waals surface area contributed by atoms with Crippen LogP contribution in [0.15, 0.2) is 36.7 Å². The Morgan fingerprint density at radius 3 is 2.83 bits per heavy atom. The van der Waals surface area contributed by atoms with Gasteiger partial charge in [-0.05, 0) is 24.3 Å². The highest BCUT2D eigenvalue weighted by molar-refractivity contribution is 6.03. The molecule has 0 aliphatic carbocycles. The van der Waals surface area contributed by atoms with E-state index in [2.05, 4.69) is 14.9 Å². The topological polar surface area (TPSA) is 50.4 Å². The van der Waals surface area contributed by atoms with Gasteiger partial charge in [-0.25, -0.2) is 9.37 Å². The SMILES string of the molecule is COc1ccc(F)cc1-c1c[nH]c2nccc(N3CCOCC3)c12. The number of ether oxygens (including phenoxy) is 2. The second-order valence-electron chi connectivity index (χ2n) is 5.70. The summed E-state index contributed by atoms with van der Waals surface area (Å²) in [6.07, 6.45) is 3.65. The first-order valence-electron chi connectivity index (χ1n) is 7.90. The summed E-state index contributed by atoms with van der Waals surface area (Å²) in [6, 6.07) is 6.54. The molecule has 0 amide bonds. The van der Waals surface area contributed by atoms with Crippen LogP contribution in [0.4, 0.5) is 10.1 Å². The van der Waals surface area contributed by atoms with E-state index in [1.54, 1.807) is 19.4 Å². The number of benzene rings is 1. The van der Waals surface area contributed by atoms with Gasteiger partial charge in [-0.2, -0.15) is 0 Å². The summed E-state index contributed by atoms with van der Waals surface area (Å²) in [4.78, 5) is 9.88. The third-order valence-electron chi connectivity index (χ3n) is 4.36. The molecule has 0 spiro atoms. The lowest BCUT2D eigenvalue weighted by atomic mass is 10.0. The molecule has 6 heteroatoms. The van der Waals surface area contributed by atoms with Gasteiger partial charge in [0.15, 0.2) is 0 Å². The number of anilines is 1. The van der Waals surface area contributed by atoms with Crippen molar-refractivity contribution in [3.05, 3.63) is 42.5 Å². The van der Waals surface area contributed by atoms with Crippen LogP contribution in [0.3, 0.4) is 0 Å². The molecule has 3 heterocycles. The molecule has 2 aromatic heterocycles. The highest BCUT2D eigenvalue weighted by Crippen LogP contribution is 2.39. The van der Waals surface area contributed by atoms with Crippen molar-refractivity contribution < 1.29 is 13.9 Å². The van der Waals surface area contributed by atoms with Gasteiger partial charge in [0.2, 0.25) is 0 Å². The number of hydrogen-bond donors (Lipinski definition) is 1. The van der Waals surface area contributed by atoms with Gasteiger partial charge in [-0.3, -0.25) is 0 Å². The van der Waals surface area contributed by atoms with Gasteiger partial charge in [0.25, 0.3) is 0 Å². The largest absolute Gasteiger partial charge is 0.496 e. The molecule has 24 heavy (non-hydrogen) atoms. The number of pyridine rings is 1. The molecule has 5 nitrogen and oxygen atoms in total. The first kappa shape index (κ1) is 15.0. The number of methoxy groups -OCH3 is 1. The minimum atomic E-state index is -0.294. The van der Waals surface area contributed by atoms with Crippen molar-refractivity contribution >= 4 is 16.7 Å². The normalized spacial score (nSPS) is 15.0. The molecule has 3 aromatic rings. The van der Waals surface area contributed by atoms with Gasteiger partial charge < -0.3 is 19.4 Å². The van der Waals surface area contributed by atoms with E-state index in [0.717, 1.165) is 35.4 Å². The van der Waals surface area contributed by atoms with Crippen molar-refractivity contribution in [2.45, 2.75) is 0 Å². The Morgan fingerprint density at radius 2 is 2.04 bits per heavy atom. The number of fused-ring (bicyclic) bond motifs is 1. The van der Waals surface area contributed by atoms with Crippen LogP contribution in [0.5, 0.6) is 5.75 Å². The summed E-state index contributed by atoms with van der Waals surface area (Å²) >= 11 is 0. The lowest BCUT2D eigenvalue weighted by Gasteiger charge is -2.29. The molecule has 0 bridgehead atoms. The summed E-state index contributed by atoms with van der Waals surface area (Å²) in [6.45, 7) is 3.05. The molecule has 124 valence electrons. The number of aromatic amines is 1. The Labute approximate surface area is 139 Å². The van der Waals surface area contributed by atoms with Crippen LogP contribution in [0.25, 0.3) is 22.2 Å². The summed E-state index contributed by atoms with van der Waals surface area (Å²) in [5, 5.41) is 0.975. The lowest BCUT2D eigenvalue weighted by molar-refractivity contribution is 0.123. The first-order valence-corrected chi connectivity index (χ1v) is 7.90. The Balaban J connectivity index is 1.92. The summed E-state index contributed by atoms with van der Waals surface area (Å²) in [7, 11) is 1.59. The number of rotatable bonds is 3. The summed E-state index contributed by atoms with van der Waals surface area (Å²) < 4.78 is 24.7. The van der Waals surface area contributed by atoms with Crippen molar-refractivity contribution in [1.82, 2.24) is 9.97 Å². The van der Waals surface area contributed by atoms with Crippen LogP contribution in [0, 0.1) is 5.82 Å². The van der Waals surface area contributed by atoms with E-state index in [4.69, 9.17) is 9.47 Å². The number of halogens is 1. The van der Waals surface area contributed by atoms with E-state index in [1.165, 1.54) is 12.1 Å². The molecule has 0 radical (unpaired) electrons. The smallest absolute Gasteiger partial charge is 0.139 e. The van der Waals surface area contributed by atoms with E-state index >= 15 is 0 Å². The quantitative estimate of drug-likeness (QED) is 0.802. The minimum Gasteiger partial charge on any atom is -0.496 e. The predicted octanol–water partition coefficient (Wildman–Crippen LogP) is 3.21. The average Bonchev–Trinajstić information content (AvgIpc) is 3.06. The number of nitrogens with zero attached hydrogens (tertiary/aromatic N) is 2. The fourth-order valence-electron chi connectivity index (χ4n) is 3.21. The number of morpholine rings is 1. The molecular weight excluding hydrogens is 309 g/mol. The van der Waals surface area contributed by atoms with Crippen molar-refractivity contribution in [2.75, 3.05) is 38.3 Å². The van der Waals surface area contributed by atoms with E-state index in [-0.39, 0.29) is 5.82 Å². The van der Waals surface area contributed by atoms with Gasteiger partial charge in [-0.15, -0.1) is 0 Å². The van der Waals surface area contributed by atoms with Crippen molar-refractivity contribution in [2.24, 2.45) is 0 Å². The minimum absolute atomic E-state index is 0.294. The predicted molar refractivity (Wildman–Crippen MR) is 91.1 cm³/mol. The van der Waals surface area contributed by atoms with Crippen molar-refractivity contribution in [3.63, 3.8) is 0 Å². The number of hydrogen-bond acceptors (Lipinski definition) is 4. The van der Waals surface area contributed by atoms with Crippen LogP contribution in [0.1, 0.15) is 0 Å². The highest BCUT2D eigenvalue weighted by atomic mass is 19.1. The lowest BCUT2D eigenvalue weighted by Crippen LogP contribution is -2.36. The van der Waals surface area contributed by atoms with Crippen LogP contribution in [0.2, 0.25) is 0 Å². The summed E-state index contributed by atoms with van der Waals surface area (Å²) in [5.74, 6) is 0.339. The molecular formula is C18H18FN3O2. The van der Waals surface area contributed by atoms with E-state index in [1.807, 2.05) is 12.3 Å². The van der Waals surface area contributed by atoms with Gasteiger partial charge in [0.05, 0.1) is 31.4 Å². The highest BCUT2D eigenvalue weighted by Gasteiger charge is 2.20. The van der Waals surface area contributed by atoms with E-state index < -0.39 is 0 Å². The molecule has 1 fully saturated rings. The second kappa shape index (κ2) is 6.13. The molecule has 4 rings (SSSR count). The zero-order chi connectivity index (χ0) is 16.5. The standard InChI is InChI=1S/C18H18FN3O2/c1-23-16-3-2-12(19)10-13(16)14-11-21-18-17(14)15(4-5-20-18)22-6-8-24-9-7-22/h2-5,10-11H,6-9H2,1H3,(H,20,21). The Morgan fingerprint density at radius 1 is 1.21 bits per heavy atom. The number of nitrogens with one attached hydrogen (secondary N) is 1. The van der Waals surface area contributed by atoms with E-state index in [9.17, 15) is 4.39 Å². The zero-order valence-electron chi connectivity index (χ0n) is 13.4. The Kier molecular flexibility index (Phi) is 3.82. The van der Waals surface area contributed by atoms with Gasteiger partial charge in [-0.1, -0.05) is 0 Å². The second-order valence-corrected chi connectivity index (χ2v) is 5.70. The van der Waals surface area contributed by atoms with Gasteiger partial charge in [0, 0.05) is 36.6 Å². The molecule has 1 aromatic carbocycles. The maximum Gasteiger partial charge on any atom is 0.139 e. The Bertz CT molecular complexity index is 872. The maximum atomic E-state index is 13.8. The van der Waals surface area contributed by atoms with Gasteiger partial charge in [0.1, 0.15) is 17.2 Å². The molecule has 0 saturated carbocycles. The molecule has 1 aliphatic heterocycles. The molecule has 1 N–H and O–H groups in total. The zero-order valence-corrected chi connectivity index (χ0v) is 13.4.